The first-order valence-electron chi connectivity index (χ1n) is 5.17. The summed E-state index contributed by atoms with van der Waals surface area (Å²) in [6.45, 7) is 0. The largest absolute Gasteiger partial charge is 0.354 e. The van der Waals surface area contributed by atoms with Gasteiger partial charge in [-0.2, -0.15) is 0 Å². The van der Waals surface area contributed by atoms with Gasteiger partial charge in [0, 0.05) is 26.8 Å². The molecule has 2 rings (SSSR count). The van der Waals surface area contributed by atoms with Gasteiger partial charge in [-0.3, -0.25) is 0 Å². The smallest absolute Gasteiger partial charge is 0.0564 e. The summed E-state index contributed by atoms with van der Waals surface area (Å²) < 4.78 is 7.54. The number of hydrogen-bond acceptors (Lipinski definition) is 1. The summed E-state index contributed by atoms with van der Waals surface area (Å²) in [6.07, 6.45) is 0. The standard InChI is InChI=1S/C12H3Br8N/c13-3-1-5(9(17)11(19)7(3)15)21-6-2-4(14)8(16)12(20)10(6)18/h1-2,21H. The molecular weight excluding hydrogens is 797 g/mol. The van der Waals surface area contributed by atoms with Gasteiger partial charge in [0.15, 0.2) is 0 Å². The van der Waals surface area contributed by atoms with Crippen molar-refractivity contribution < 1.29 is 0 Å². The zero-order chi connectivity index (χ0) is 15.9. The Morgan fingerprint density at radius 3 is 1.14 bits per heavy atom. The van der Waals surface area contributed by atoms with E-state index in [2.05, 4.69) is 133 Å². The second kappa shape index (κ2) is 7.97. The van der Waals surface area contributed by atoms with E-state index in [-0.39, 0.29) is 0 Å². The molecule has 0 fully saturated rings. The van der Waals surface area contributed by atoms with Crippen LogP contribution in [0, 0.1) is 0 Å². The molecule has 0 aliphatic heterocycles. The minimum absolute atomic E-state index is 0.929. The molecule has 0 aliphatic rings. The molecule has 0 unspecified atom stereocenters. The van der Waals surface area contributed by atoms with E-state index in [9.17, 15) is 0 Å². The Labute approximate surface area is 189 Å². The molecule has 0 amide bonds. The van der Waals surface area contributed by atoms with Crippen molar-refractivity contribution in [2.24, 2.45) is 0 Å². The van der Waals surface area contributed by atoms with Gasteiger partial charge < -0.3 is 5.32 Å². The van der Waals surface area contributed by atoms with Crippen molar-refractivity contribution in [2.45, 2.75) is 0 Å². The lowest BCUT2D eigenvalue weighted by atomic mass is 10.2. The molecule has 0 spiro atoms. The Balaban J connectivity index is 2.54. The molecule has 1 nitrogen and oxygen atoms in total. The lowest BCUT2D eigenvalue weighted by Gasteiger charge is -2.15. The number of anilines is 2. The van der Waals surface area contributed by atoms with Crippen LogP contribution >= 0.6 is 127 Å². The summed E-state index contributed by atoms with van der Waals surface area (Å²) in [5.74, 6) is 0. The third-order valence-corrected chi connectivity index (χ3v) is 11.8. The van der Waals surface area contributed by atoms with E-state index in [4.69, 9.17) is 0 Å². The summed E-state index contributed by atoms with van der Waals surface area (Å²) >= 11 is 28.4. The highest BCUT2D eigenvalue weighted by Gasteiger charge is 2.16. The fraction of sp³-hybridized carbons (Fsp3) is 0. The van der Waals surface area contributed by atoms with Crippen LogP contribution in [0.2, 0.25) is 0 Å². The predicted octanol–water partition coefficient (Wildman–Crippen LogP) is 9.53. The van der Waals surface area contributed by atoms with Crippen molar-refractivity contribution in [2.75, 3.05) is 5.32 Å². The third kappa shape index (κ3) is 4.19. The average molecular weight is 800 g/mol. The van der Waals surface area contributed by atoms with Gasteiger partial charge in [0.1, 0.15) is 0 Å². The van der Waals surface area contributed by atoms with Crippen molar-refractivity contribution in [3.05, 3.63) is 47.9 Å². The van der Waals surface area contributed by atoms with E-state index in [1.807, 2.05) is 12.1 Å². The van der Waals surface area contributed by atoms with Crippen LogP contribution in [0.1, 0.15) is 0 Å². The van der Waals surface area contributed by atoms with Gasteiger partial charge in [-0.05, 0) is 140 Å². The summed E-state index contributed by atoms with van der Waals surface area (Å²) in [6, 6.07) is 3.99. The zero-order valence-electron chi connectivity index (χ0n) is 9.68. The van der Waals surface area contributed by atoms with E-state index in [0.717, 1.165) is 47.2 Å². The maximum Gasteiger partial charge on any atom is 0.0564 e. The molecule has 2 aromatic carbocycles. The van der Waals surface area contributed by atoms with Gasteiger partial charge in [-0.25, -0.2) is 0 Å². The molecule has 0 radical (unpaired) electrons. The Bertz CT molecular complexity index is 667. The second-order valence-electron chi connectivity index (χ2n) is 3.82. The maximum absolute atomic E-state index is 3.59. The number of hydrogen-bond donors (Lipinski definition) is 1. The van der Waals surface area contributed by atoms with Crippen LogP contribution in [0.15, 0.2) is 47.9 Å². The molecule has 21 heavy (non-hydrogen) atoms. The first-order valence-corrected chi connectivity index (χ1v) is 11.5. The maximum atomic E-state index is 3.59. The zero-order valence-corrected chi connectivity index (χ0v) is 22.4. The van der Waals surface area contributed by atoms with Gasteiger partial charge in [0.2, 0.25) is 0 Å². The van der Waals surface area contributed by atoms with Crippen LogP contribution in [-0.4, -0.2) is 0 Å². The Morgan fingerprint density at radius 1 is 0.476 bits per heavy atom. The van der Waals surface area contributed by atoms with Gasteiger partial charge >= 0.3 is 0 Å². The third-order valence-electron chi connectivity index (χ3n) is 2.47. The fourth-order valence-corrected chi connectivity index (χ4v) is 5.69. The van der Waals surface area contributed by atoms with Crippen LogP contribution in [-0.2, 0) is 0 Å². The van der Waals surface area contributed by atoms with E-state index in [0.29, 0.717) is 0 Å². The molecule has 0 saturated carbocycles. The van der Waals surface area contributed by atoms with Crippen molar-refractivity contribution in [3.63, 3.8) is 0 Å². The molecule has 0 bridgehead atoms. The number of nitrogens with one attached hydrogen (secondary N) is 1. The van der Waals surface area contributed by atoms with E-state index in [1.54, 1.807) is 0 Å². The first-order chi connectivity index (χ1) is 9.73. The molecule has 0 aromatic heterocycles. The quantitative estimate of drug-likeness (QED) is 0.236. The minimum atomic E-state index is 0.929. The molecule has 1 N–H and O–H groups in total. The van der Waals surface area contributed by atoms with E-state index >= 15 is 0 Å². The molecule has 2 aromatic rings. The predicted molar refractivity (Wildman–Crippen MR) is 118 cm³/mol. The lowest BCUT2D eigenvalue weighted by molar-refractivity contribution is 1.41. The molecule has 112 valence electrons. The van der Waals surface area contributed by atoms with Crippen molar-refractivity contribution in [1.29, 1.82) is 0 Å². The molecule has 9 heteroatoms. The van der Waals surface area contributed by atoms with Crippen LogP contribution in [0.5, 0.6) is 0 Å². The molecule has 0 aliphatic carbocycles. The van der Waals surface area contributed by atoms with E-state index < -0.39 is 0 Å². The topological polar surface area (TPSA) is 12.0 Å². The Kier molecular flexibility index (Phi) is 7.37. The minimum Gasteiger partial charge on any atom is -0.354 e. The van der Waals surface area contributed by atoms with Crippen molar-refractivity contribution >= 4 is 139 Å². The summed E-state index contributed by atoms with van der Waals surface area (Å²) in [5.41, 5.74) is 1.86. The SMILES string of the molecule is Brc1cc(Nc2cc(Br)c(Br)c(Br)c2Br)c(Br)c(Br)c1Br. The van der Waals surface area contributed by atoms with Crippen LogP contribution in [0.3, 0.4) is 0 Å². The normalized spacial score (nSPS) is 10.9. The van der Waals surface area contributed by atoms with Gasteiger partial charge in [-0.1, -0.05) is 0 Å². The Morgan fingerprint density at radius 2 is 0.810 bits per heavy atom. The fourth-order valence-electron chi connectivity index (χ4n) is 1.47. The lowest BCUT2D eigenvalue weighted by Crippen LogP contribution is -1.95. The second-order valence-corrected chi connectivity index (χ2v) is 10.3. The molecule has 0 saturated heterocycles. The Hall–Kier alpha value is 2.08. The average Bonchev–Trinajstić information content (AvgIpc) is 2.45. The summed E-state index contributed by atoms with van der Waals surface area (Å²) in [7, 11) is 0. The molecular formula is C12H3Br8N. The monoisotopic (exact) mass is 792 g/mol. The van der Waals surface area contributed by atoms with Crippen LogP contribution < -0.4 is 5.32 Å². The van der Waals surface area contributed by atoms with E-state index in [1.165, 1.54) is 0 Å². The molecule has 0 atom stereocenters. The van der Waals surface area contributed by atoms with Crippen LogP contribution in [0.4, 0.5) is 11.4 Å². The molecule has 0 heterocycles. The first kappa shape index (κ1) is 19.4. The highest BCUT2D eigenvalue weighted by molar-refractivity contribution is 9.15. The van der Waals surface area contributed by atoms with Gasteiger partial charge in [0.05, 0.1) is 20.3 Å². The van der Waals surface area contributed by atoms with Crippen molar-refractivity contribution in [1.82, 2.24) is 0 Å². The van der Waals surface area contributed by atoms with Gasteiger partial charge in [-0.15, -0.1) is 0 Å². The van der Waals surface area contributed by atoms with Crippen molar-refractivity contribution in [3.8, 4) is 0 Å². The number of benzene rings is 2. The van der Waals surface area contributed by atoms with Gasteiger partial charge in [0.25, 0.3) is 0 Å². The highest BCUT2D eigenvalue weighted by Crippen LogP contribution is 2.45. The van der Waals surface area contributed by atoms with Crippen LogP contribution in [0.25, 0.3) is 0 Å². The summed E-state index contributed by atoms with van der Waals surface area (Å²) in [5, 5.41) is 3.40. The number of rotatable bonds is 2. The number of halogens is 8. The highest BCUT2D eigenvalue weighted by atomic mass is 79.9. The summed E-state index contributed by atoms with van der Waals surface area (Å²) in [4.78, 5) is 0.